The molecular weight excluding hydrogens is 269 g/mol. The van der Waals surface area contributed by atoms with Crippen LogP contribution in [0.25, 0.3) is 0 Å². The summed E-state index contributed by atoms with van der Waals surface area (Å²) in [6, 6.07) is 0. The third-order valence-electron chi connectivity index (χ3n) is 5.63. The molecule has 0 aliphatic heterocycles. The number of aliphatic hydroxyl groups is 2. The fourth-order valence-corrected chi connectivity index (χ4v) is 3.79. The topological polar surface area (TPSA) is 107 Å². The van der Waals surface area contributed by atoms with Crippen LogP contribution in [-0.4, -0.2) is 44.5 Å². The molecule has 124 valence electrons. The predicted molar refractivity (Wildman–Crippen MR) is 84.3 cm³/mol. The Hall–Kier alpha value is -0.135. The van der Waals surface area contributed by atoms with Crippen LogP contribution in [0.15, 0.2) is 0 Å². The molecule has 6 N–H and O–H groups in total. The van der Waals surface area contributed by atoms with E-state index in [1.165, 1.54) is 0 Å². The summed E-state index contributed by atoms with van der Waals surface area (Å²) in [5.74, 6) is 0.537. The molecule has 0 aromatic heterocycles. The molecule has 0 aromatic rings. The molecule has 3 fully saturated rings. The largest absolute Gasteiger partial charge is 0.469 e. The Balaban J connectivity index is 0.000000222. The summed E-state index contributed by atoms with van der Waals surface area (Å²) in [5, 5.41) is 37.3. The van der Waals surface area contributed by atoms with E-state index < -0.39 is 24.3 Å². The number of hydrogen-bond acceptors (Lipinski definition) is 5. The lowest BCUT2D eigenvalue weighted by Crippen LogP contribution is -2.74. The van der Waals surface area contributed by atoms with Crippen molar-refractivity contribution in [2.75, 3.05) is 0 Å². The highest BCUT2D eigenvalue weighted by Gasteiger charge is 2.69. The molecule has 3 aliphatic rings. The molecule has 0 amide bonds. The van der Waals surface area contributed by atoms with E-state index in [1.54, 1.807) is 6.92 Å². The van der Waals surface area contributed by atoms with Gasteiger partial charge >= 0.3 is 7.12 Å². The molecular formula is C15H32BNO4. The van der Waals surface area contributed by atoms with Gasteiger partial charge in [-0.05, 0) is 49.9 Å². The van der Waals surface area contributed by atoms with Gasteiger partial charge in [0, 0.05) is 5.94 Å². The standard InChI is InChI=1S/C10H18O2.C5H14BNO2/c1-8(2)7-4-5-9(3,11)10(8,12)6-7;1-4(2)3-5(7)6(8)9/h7,11-12H,4-6H2,1-3H3;4-5,8-9H,3,7H2,1-2H3/t7?,9-,10+;/m0./s1. The normalized spacial score (nSPS) is 38.1. The maximum Gasteiger partial charge on any atom is 0.469 e. The van der Waals surface area contributed by atoms with Crippen LogP contribution in [0, 0.1) is 17.3 Å². The summed E-state index contributed by atoms with van der Waals surface area (Å²) in [5.41, 5.74) is 3.53. The summed E-state index contributed by atoms with van der Waals surface area (Å²) in [6.45, 7) is 9.87. The number of hydrogen-bond donors (Lipinski definition) is 5. The first kappa shape index (κ1) is 18.9. The molecule has 0 aromatic carbocycles. The van der Waals surface area contributed by atoms with E-state index in [-0.39, 0.29) is 5.41 Å². The maximum absolute atomic E-state index is 10.2. The van der Waals surface area contributed by atoms with Crippen molar-refractivity contribution in [1.29, 1.82) is 0 Å². The van der Waals surface area contributed by atoms with Crippen molar-refractivity contribution in [3.05, 3.63) is 0 Å². The van der Waals surface area contributed by atoms with Gasteiger partial charge in [-0.3, -0.25) is 0 Å². The second-order valence-corrected chi connectivity index (χ2v) is 8.00. The first-order valence-corrected chi connectivity index (χ1v) is 7.91. The molecule has 2 unspecified atom stereocenters. The third kappa shape index (κ3) is 3.45. The van der Waals surface area contributed by atoms with Crippen molar-refractivity contribution in [1.82, 2.24) is 0 Å². The van der Waals surface area contributed by atoms with Gasteiger partial charge in [0.25, 0.3) is 0 Å². The van der Waals surface area contributed by atoms with Crippen molar-refractivity contribution in [2.45, 2.75) is 77.4 Å². The van der Waals surface area contributed by atoms with E-state index in [4.69, 9.17) is 15.8 Å². The number of nitrogens with two attached hydrogens (primary N) is 1. The molecule has 0 spiro atoms. The highest BCUT2D eigenvalue weighted by atomic mass is 16.4. The Morgan fingerprint density at radius 1 is 1.19 bits per heavy atom. The quantitative estimate of drug-likeness (QED) is 0.493. The fourth-order valence-electron chi connectivity index (χ4n) is 3.79. The van der Waals surface area contributed by atoms with Crippen molar-refractivity contribution < 1.29 is 20.3 Å². The minimum atomic E-state index is -1.37. The molecule has 0 saturated heterocycles. The van der Waals surface area contributed by atoms with Crippen LogP contribution in [-0.2, 0) is 0 Å². The molecule has 21 heavy (non-hydrogen) atoms. The Bertz CT molecular complexity index is 350. The van der Waals surface area contributed by atoms with E-state index in [0.717, 1.165) is 19.3 Å². The van der Waals surface area contributed by atoms with Crippen LogP contribution in [0.2, 0.25) is 0 Å². The van der Waals surface area contributed by atoms with Crippen molar-refractivity contribution in [3.8, 4) is 0 Å². The Morgan fingerprint density at radius 2 is 1.71 bits per heavy atom. The van der Waals surface area contributed by atoms with Crippen LogP contribution in [0.3, 0.4) is 0 Å². The van der Waals surface area contributed by atoms with Gasteiger partial charge in [-0.25, -0.2) is 0 Å². The van der Waals surface area contributed by atoms with Gasteiger partial charge in [-0.1, -0.05) is 27.7 Å². The SMILES string of the molecule is CC(C)CC(N)B(O)O.CC1(C)C2CC[C@](C)(O)[C@@]1(O)C2. The zero-order valence-corrected chi connectivity index (χ0v) is 14.0. The van der Waals surface area contributed by atoms with E-state index in [2.05, 4.69) is 13.8 Å². The van der Waals surface area contributed by atoms with Crippen LogP contribution in [0.5, 0.6) is 0 Å². The molecule has 6 heteroatoms. The van der Waals surface area contributed by atoms with Crippen LogP contribution >= 0.6 is 0 Å². The average Bonchev–Trinajstić information content (AvgIpc) is 2.32. The Labute approximate surface area is 128 Å². The van der Waals surface area contributed by atoms with Crippen LogP contribution in [0.1, 0.15) is 60.3 Å². The fraction of sp³-hybridized carbons (Fsp3) is 1.00. The predicted octanol–water partition coefficient (Wildman–Crippen LogP) is 0.680. The summed E-state index contributed by atoms with van der Waals surface area (Å²) < 4.78 is 0. The third-order valence-corrected chi connectivity index (χ3v) is 5.63. The van der Waals surface area contributed by atoms with E-state index >= 15 is 0 Å². The van der Waals surface area contributed by atoms with Gasteiger partial charge in [0.2, 0.25) is 0 Å². The Kier molecular flexibility index (Phi) is 5.55. The van der Waals surface area contributed by atoms with E-state index in [1.807, 2.05) is 13.8 Å². The van der Waals surface area contributed by atoms with Crippen molar-refractivity contribution >= 4 is 7.12 Å². The second-order valence-electron chi connectivity index (χ2n) is 8.00. The number of fused-ring (bicyclic) bond motifs is 2. The summed E-state index contributed by atoms with van der Waals surface area (Å²) in [7, 11) is -1.37. The highest BCUT2D eigenvalue weighted by molar-refractivity contribution is 6.43. The molecule has 3 rings (SSSR count). The molecule has 4 atom stereocenters. The molecule has 0 heterocycles. The van der Waals surface area contributed by atoms with Crippen LogP contribution < -0.4 is 5.73 Å². The Morgan fingerprint density at radius 3 is 1.95 bits per heavy atom. The molecule has 3 saturated carbocycles. The van der Waals surface area contributed by atoms with Gasteiger partial charge in [0.1, 0.15) is 0 Å². The average molecular weight is 301 g/mol. The first-order chi connectivity index (χ1) is 9.35. The minimum Gasteiger partial charge on any atom is -0.426 e. The van der Waals surface area contributed by atoms with Gasteiger partial charge < -0.3 is 26.0 Å². The van der Waals surface area contributed by atoms with Gasteiger partial charge in [-0.2, -0.15) is 0 Å². The molecule has 5 nitrogen and oxygen atoms in total. The zero-order chi connectivity index (χ0) is 16.6. The molecule has 0 radical (unpaired) electrons. The summed E-state index contributed by atoms with van der Waals surface area (Å²) in [4.78, 5) is 0. The van der Waals surface area contributed by atoms with Crippen molar-refractivity contribution in [2.24, 2.45) is 23.0 Å². The van der Waals surface area contributed by atoms with Gasteiger partial charge in [0.05, 0.1) is 11.2 Å². The van der Waals surface area contributed by atoms with E-state index in [0.29, 0.717) is 18.3 Å². The zero-order valence-electron chi connectivity index (χ0n) is 14.0. The van der Waals surface area contributed by atoms with Crippen LogP contribution in [0.4, 0.5) is 0 Å². The maximum atomic E-state index is 10.2. The van der Waals surface area contributed by atoms with Gasteiger partial charge in [0.15, 0.2) is 0 Å². The lowest BCUT2D eigenvalue weighted by molar-refractivity contribution is -0.312. The highest BCUT2D eigenvalue weighted by Crippen LogP contribution is 2.65. The minimum absolute atomic E-state index is 0.0885. The summed E-state index contributed by atoms with van der Waals surface area (Å²) in [6.07, 6.45) is 3.24. The van der Waals surface area contributed by atoms with E-state index in [9.17, 15) is 10.2 Å². The lowest BCUT2D eigenvalue weighted by atomic mass is 9.41. The molecule has 2 bridgehead atoms. The summed E-state index contributed by atoms with van der Waals surface area (Å²) >= 11 is 0. The number of rotatable bonds is 3. The second kappa shape index (κ2) is 6.16. The first-order valence-electron chi connectivity index (χ1n) is 7.91. The lowest BCUT2D eigenvalue weighted by Gasteiger charge is -2.68. The smallest absolute Gasteiger partial charge is 0.426 e. The monoisotopic (exact) mass is 301 g/mol. The van der Waals surface area contributed by atoms with Crippen molar-refractivity contribution in [3.63, 3.8) is 0 Å². The van der Waals surface area contributed by atoms with Gasteiger partial charge in [-0.15, -0.1) is 0 Å². The molecule has 3 aliphatic carbocycles.